The van der Waals surface area contributed by atoms with Gasteiger partial charge in [0.1, 0.15) is 12.4 Å². The maximum absolute atomic E-state index is 9.28. The fourth-order valence-electron chi connectivity index (χ4n) is 1.80. The molecule has 0 saturated heterocycles. The number of aryl methyl sites for hydroxylation is 1. The maximum atomic E-state index is 9.28. The summed E-state index contributed by atoms with van der Waals surface area (Å²) in [6.07, 6.45) is 0. The molecule has 0 radical (unpaired) electrons. The topological polar surface area (TPSA) is 49.7 Å². The van der Waals surface area contributed by atoms with Gasteiger partial charge in [0.25, 0.3) is 0 Å². The Morgan fingerprint density at radius 3 is 2.63 bits per heavy atom. The van der Waals surface area contributed by atoms with E-state index in [1.165, 1.54) is 0 Å². The first kappa shape index (κ1) is 13.9. The van der Waals surface area contributed by atoms with Gasteiger partial charge in [-0.3, -0.25) is 0 Å². The van der Waals surface area contributed by atoms with Crippen molar-refractivity contribution in [2.75, 3.05) is 0 Å². The van der Waals surface area contributed by atoms with Crippen molar-refractivity contribution in [1.82, 2.24) is 0 Å². The molecule has 3 nitrogen and oxygen atoms in total. The van der Waals surface area contributed by atoms with Gasteiger partial charge in [0.2, 0.25) is 0 Å². The second kappa shape index (κ2) is 6.11. The van der Waals surface area contributed by atoms with Crippen molar-refractivity contribution in [1.29, 1.82) is 0 Å². The minimum atomic E-state index is -1.50. The van der Waals surface area contributed by atoms with Crippen molar-refractivity contribution in [3.63, 3.8) is 0 Å². The second-order valence-electron chi connectivity index (χ2n) is 4.27. The number of benzene rings is 2. The first-order valence-corrected chi connectivity index (χ1v) is 6.28. The third-order valence-electron chi connectivity index (χ3n) is 2.87. The van der Waals surface area contributed by atoms with Crippen molar-refractivity contribution in [2.24, 2.45) is 0 Å². The molecule has 0 aromatic heterocycles. The van der Waals surface area contributed by atoms with E-state index in [9.17, 15) is 10.0 Å². The van der Waals surface area contributed by atoms with E-state index in [-0.39, 0.29) is 6.61 Å². The van der Waals surface area contributed by atoms with Crippen LogP contribution < -0.4 is 10.2 Å². The molecule has 0 unspecified atom stereocenters. The monoisotopic (exact) mass is 276 g/mol. The average Bonchev–Trinajstić information content (AvgIpc) is 2.40. The van der Waals surface area contributed by atoms with Crippen molar-refractivity contribution in [3.8, 4) is 5.75 Å². The number of halogens is 1. The first-order valence-electron chi connectivity index (χ1n) is 5.91. The SMILES string of the molecule is Cc1ccc(Cl)cc1OCc1ccccc1B(O)O. The Labute approximate surface area is 117 Å². The van der Waals surface area contributed by atoms with Crippen molar-refractivity contribution < 1.29 is 14.8 Å². The smallest absolute Gasteiger partial charge is 0.488 e. The number of ether oxygens (including phenoxy) is 1. The van der Waals surface area contributed by atoms with Gasteiger partial charge in [0.15, 0.2) is 0 Å². The first-order chi connectivity index (χ1) is 9.08. The summed E-state index contributed by atoms with van der Waals surface area (Å²) in [6.45, 7) is 2.19. The summed E-state index contributed by atoms with van der Waals surface area (Å²) < 4.78 is 5.69. The molecule has 0 amide bonds. The third-order valence-corrected chi connectivity index (χ3v) is 3.10. The third kappa shape index (κ3) is 3.50. The lowest BCUT2D eigenvalue weighted by atomic mass is 9.77. The van der Waals surface area contributed by atoms with Crippen LogP contribution in [0.25, 0.3) is 0 Å². The molecule has 0 spiro atoms. The molecule has 19 heavy (non-hydrogen) atoms. The van der Waals surface area contributed by atoms with E-state index in [1.54, 1.807) is 30.3 Å². The van der Waals surface area contributed by atoms with Crippen molar-refractivity contribution >= 4 is 24.2 Å². The Balaban J connectivity index is 2.17. The quantitative estimate of drug-likeness (QED) is 0.839. The summed E-state index contributed by atoms with van der Waals surface area (Å²) in [5.41, 5.74) is 2.16. The molecular formula is C14H14BClO3. The number of rotatable bonds is 4. The van der Waals surface area contributed by atoms with Gasteiger partial charge in [-0.25, -0.2) is 0 Å². The largest absolute Gasteiger partial charge is 0.489 e. The highest BCUT2D eigenvalue weighted by molar-refractivity contribution is 6.59. The Bertz CT molecular complexity index is 572. The maximum Gasteiger partial charge on any atom is 0.488 e. The molecule has 2 rings (SSSR count). The zero-order valence-corrected chi connectivity index (χ0v) is 11.3. The highest BCUT2D eigenvalue weighted by Crippen LogP contribution is 2.23. The summed E-state index contributed by atoms with van der Waals surface area (Å²) in [7, 11) is -1.50. The standard InChI is InChI=1S/C14H14BClO3/c1-10-6-7-12(16)8-14(10)19-9-11-4-2-3-5-13(11)15(17)18/h2-8,17-18H,9H2,1H3. The van der Waals surface area contributed by atoms with Gasteiger partial charge in [-0.15, -0.1) is 0 Å². The van der Waals surface area contributed by atoms with E-state index in [0.29, 0.717) is 16.2 Å². The number of hydrogen-bond donors (Lipinski definition) is 2. The van der Waals surface area contributed by atoms with Gasteiger partial charge in [0.05, 0.1) is 0 Å². The molecule has 0 heterocycles. The van der Waals surface area contributed by atoms with Crippen LogP contribution in [-0.4, -0.2) is 17.2 Å². The zero-order valence-electron chi connectivity index (χ0n) is 10.5. The normalized spacial score (nSPS) is 10.3. The molecule has 98 valence electrons. The summed E-state index contributed by atoms with van der Waals surface area (Å²) in [4.78, 5) is 0. The number of hydrogen-bond acceptors (Lipinski definition) is 3. The van der Waals surface area contributed by atoms with Gasteiger partial charge in [-0.05, 0) is 35.6 Å². The average molecular weight is 277 g/mol. The zero-order chi connectivity index (χ0) is 13.8. The van der Waals surface area contributed by atoms with E-state index >= 15 is 0 Å². The lowest BCUT2D eigenvalue weighted by molar-refractivity contribution is 0.304. The highest BCUT2D eigenvalue weighted by atomic mass is 35.5. The predicted octanol–water partition coefficient (Wildman–Crippen LogP) is 1.91. The molecule has 0 atom stereocenters. The van der Waals surface area contributed by atoms with Crippen LogP contribution in [0, 0.1) is 6.92 Å². The Hall–Kier alpha value is -1.49. The summed E-state index contributed by atoms with van der Waals surface area (Å²) >= 11 is 5.92. The van der Waals surface area contributed by atoms with E-state index in [1.807, 2.05) is 19.1 Å². The molecule has 2 aromatic carbocycles. The van der Waals surface area contributed by atoms with Gasteiger partial charge in [0, 0.05) is 5.02 Å². The lowest BCUT2D eigenvalue weighted by Crippen LogP contribution is -2.33. The van der Waals surface area contributed by atoms with Crippen LogP contribution >= 0.6 is 11.6 Å². The van der Waals surface area contributed by atoms with Crippen LogP contribution in [0.3, 0.4) is 0 Å². The molecule has 5 heteroatoms. The Morgan fingerprint density at radius 1 is 1.16 bits per heavy atom. The molecule has 0 aliphatic heterocycles. The van der Waals surface area contributed by atoms with Crippen LogP contribution in [0.15, 0.2) is 42.5 Å². The fraction of sp³-hybridized carbons (Fsp3) is 0.143. The molecule has 2 N–H and O–H groups in total. The molecular weight excluding hydrogens is 262 g/mol. The van der Waals surface area contributed by atoms with Gasteiger partial charge in [-0.2, -0.15) is 0 Å². The van der Waals surface area contributed by atoms with Crippen LogP contribution in [0.2, 0.25) is 5.02 Å². The second-order valence-corrected chi connectivity index (χ2v) is 4.71. The minimum absolute atomic E-state index is 0.259. The van der Waals surface area contributed by atoms with Gasteiger partial charge >= 0.3 is 7.12 Å². The van der Waals surface area contributed by atoms with Gasteiger partial charge in [-0.1, -0.05) is 41.9 Å². The molecule has 2 aromatic rings. The fourth-order valence-corrected chi connectivity index (χ4v) is 1.96. The molecule has 0 saturated carbocycles. The van der Waals surface area contributed by atoms with E-state index in [2.05, 4.69) is 0 Å². The highest BCUT2D eigenvalue weighted by Gasteiger charge is 2.15. The van der Waals surface area contributed by atoms with Crippen LogP contribution in [0.4, 0.5) is 0 Å². The molecule has 0 aliphatic rings. The summed E-state index contributed by atoms with van der Waals surface area (Å²) in [5, 5.41) is 19.2. The van der Waals surface area contributed by atoms with Crippen molar-refractivity contribution in [2.45, 2.75) is 13.5 Å². The van der Waals surface area contributed by atoms with Crippen LogP contribution in [0.5, 0.6) is 5.75 Å². The molecule has 0 bridgehead atoms. The predicted molar refractivity (Wildman–Crippen MR) is 76.8 cm³/mol. The van der Waals surface area contributed by atoms with Gasteiger partial charge < -0.3 is 14.8 Å². The Kier molecular flexibility index (Phi) is 4.48. The summed E-state index contributed by atoms with van der Waals surface area (Å²) in [5.74, 6) is 0.690. The van der Waals surface area contributed by atoms with Crippen molar-refractivity contribution in [3.05, 3.63) is 58.6 Å². The van der Waals surface area contributed by atoms with E-state index in [4.69, 9.17) is 16.3 Å². The minimum Gasteiger partial charge on any atom is -0.489 e. The lowest BCUT2D eigenvalue weighted by Gasteiger charge is -2.12. The van der Waals surface area contributed by atoms with Crippen LogP contribution in [0.1, 0.15) is 11.1 Å². The van der Waals surface area contributed by atoms with E-state index in [0.717, 1.165) is 11.1 Å². The van der Waals surface area contributed by atoms with E-state index < -0.39 is 7.12 Å². The summed E-state index contributed by atoms with van der Waals surface area (Å²) in [6, 6.07) is 12.5. The van der Waals surface area contributed by atoms with Crippen LogP contribution in [-0.2, 0) is 6.61 Å². The Morgan fingerprint density at radius 2 is 1.89 bits per heavy atom. The molecule has 0 aliphatic carbocycles. The molecule has 0 fully saturated rings.